The first-order valence-corrected chi connectivity index (χ1v) is 11.0. The second-order valence-corrected chi connectivity index (χ2v) is 8.63. The van der Waals surface area contributed by atoms with Crippen molar-refractivity contribution in [2.24, 2.45) is 0 Å². The Morgan fingerprint density at radius 3 is 2.62 bits per heavy atom. The Kier molecular flexibility index (Phi) is 6.03. The van der Waals surface area contributed by atoms with Crippen LogP contribution in [0.3, 0.4) is 0 Å². The Labute approximate surface area is 181 Å². The van der Waals surface area contributed by atoms with Gasteiger partial charge in [-0.3, -0.25) is 0 Å². The lowest BCUT2D eigenvalue weighted by Gasteiger charge is -2.04. The molecule has 2 aromatic carbocycles. The number of nitrogen functional groups attached to an aromatic ring is 1. The van der Waals surface area contributed by atoms with E-state index in [0.717, 1.165) is 22.0 Å². The first kappa shape index (κ1) is 19.8. The molecule has 6 nitrogen and oxygen atoms in total. The lowest BCUT2D eigenvalue weighted by atomic mass is 10.1. The van der Waals surface area contributed by atoms with Gasteiger partial charge in [-0.1, -0.05) is 53.2 Å². The van der Waals surface area contributed by atoms with E-state index in [2.05, 4.69) is 15.2 Å². The van der Waals surface area contributed by atoms with Crippen LogP contribution in [0.15, 0.2) is 59.1 Å². The standard InChI is InChI=1S/C20H18ClN5OS2/c1-13-2-4-14(5-3-13)19-24-25-20(26(19)22)29-12-16-11-28-18(23-16)10-27-17-8-6-15(21)7-9-17/h2-9,11H,10,12,22H2,1H3. The number of ether oxygens (including phenoxy) is 1. The number of thioether (sulfide) groups is 1. The predicted molar refractivity (Wildman–Crippen MR) is 118 cm³/mol. The summed E-state index contributed by atoms with van der Waals surface area (Å²) >= 11 is 8.95. The minimum atomic E-state index is 0.418. The first-order valence-electron chi connectivity index (χ1n) is 8.80. The molecule has 0 radical (unpaired) electrons. The monoisotopic (exact) mass is 443 g/mol. The van der Waals surface area contributed by atoms with Gasteiger partial charge in [-0.2, -0.15) is 0 Å². The normalized spacial score (nSPS) is 11.0. The van der Waals surface area contributed by atoms with Gasteiger partial charge in [-0.15, -0.1) is 21.5 Å². The summed E-state index contributed by atoms with van der Waals surface area (Å²) in [5.41, 5.74) is 3.08. The highest BCUT2D eigenvalue weighted by Crippen LogP contribution is 2.25. The van der Waals surface area contributed by atoms with E-state index in [1.807, 2.05) is 48.7 Å². The van der Waals surface area contributed by atoms with Gasteiger partial charge in [0, 0.05) is 21.7 Å². The van der Waals surface area contributed by atoms with Crippen LogP contribution in [0.25, 0.3) is 11.4 Å². The molecule has 2 heterocycles. The predicted octanol–water partition coefficient (Wildman–Crippen LogP) is 4.95. The summed E-state index contributed by atoms with van der Waals surface area (Å²) in [5, 5.41) is 12.7. The lowest BCUT2D eigenvalue weighted by Crippen LogP contribution is -2.11. The van der Waals surface area contributed by atoms with Crippen molar-refractivity contribution < 1.29 is 4.74 Å². The topological polar surface area (TPSA) is 78.9 Å². The summed E-state index contributed by atoms with van der Waals surface area (Å²) in [6, 6.07) is 15.3. The van der Waals surface area contributed by atoms with Crippen LogP contribution >= 0.6 is 34.7 Å². The molecule has 0 aliphatic rings. The molecule has 4 rings (SSSR count). The minimum absolute atomic E-state index is 0.418. The molecule has 0 saturated carbocycles. The van der Waals surface area contributed by atoms with Crippen LogP contribution in [0.5, 0.6) is 5.75 Å². The van der Waals surface area contributed by atoms with Gasteiger partial charge in [0.05, 0.1) is 5.69 Å². The molecule has 29 heavy (non-hydrogen) atoms. The zero-order valence-corrected chi connectivity index (χ0v) is 18.0. The van der Waals surface area contributed by atoms with E-state index in [-0.39, 0.29) is 0 Å². The van der Waals surface area contributed by atoms with E-state index in [0.29, 0.717) is 28.4 Å². The van der Waals surface area contributed by atoms with E-state index in [1.54, 1.807) is 23.5 Å². The molecule has 0 saturated heterocycles. The van der Waals surface area contributed by atoms with Crippen molar-refractivity contribution in [3.8, 4) is 17.1 Å². The van der Waals surface area contributed by atoms with Crippen LogP contribution in [0.1, 0.15) is 16.3 Å². The van der Waals surface area contributed by atoms with Crippen molar-refractivity contribution in [1.82, 2.24) is 19.9 Å². The molecule has 0 fully saturated rings. The first-order chi connectivity index (χ1) is 14.1. The number of nitrogens with two attached hydrogens (primary N) is 1. The molecule has 2 N–H and O–H groups in total. The van der Waals surface area contributed by atoms with Crippen LogP contribution in [-0.4, -0.2) is 19.9 Å². The number of rotatable bonds is 7. The highest BCUT2D eigenvalue weighted by atomic mass is 35.5. The Hall–Kier alpha value is -2.55. The number of hydrogen-bond acceptors (Lipinski definition) is 7. The zero-order chi connectivity index (χ0) is 20.2. The fourth-order valence-electron chi connectivity index (χ4n) is 2.57. The van der Waals surface area contributed by atoms with E-state index in [9.17, 15) is 0 Å². The third kappa shape index (κ3) is 4.90. The van der Waals surface area contributed by atoms with Gasteiger partial charge in [-0.05, 0) is 31.2 Å². The maximum atomic E-state index is 6.19. The van der Waals surface area contributed by atoms with Gasteiger partial charge >= 0.3 is 0 Å². The number of aryl methyl sites for hydroxylation is 1. The van der Waals surface area contributed by atoms with Gasteiger partial charge in [-0.25, -0.2) is 9.66 Å². The molecule has 0 atom stereocenters. The molecule has 0 aliphatic heterocycles. The highest BCUT2D eigenvalue weighted by Gasteiger charge is 2.13. The molecule has 0 unspecified atom stereocenters. The number of hydrogen-bond donors (Lipinski definition) is 1. The summed E-state index contributed by atoms with van der Waals surface area (Å²) in [5.74, 6) is 8.25. The molecule has 0 spiro atoms. The molecule has 0 aliphatic carbocycles. The molecule has 2 aromatic heterocycles. The largest absolute Gasteiger partial charge is 0.486 e. The van der Waals surface area contributed by atoms with Crippen molar-refractivity contribution in [1.29, 1.82) is 0 Å². The van der Waals surface area contributed by atoms with Crippen molar-refractivity contribution >= 4 is 34.7 Å². The van der Waals surface area contributed by atoms with E-state index in [1.165, 1.54) is 22.0 Å². The average molecular weight is 444 g/mol. The van der Waals surface area contributed by atoms with Crippen LogP contribution in [0, 0.1) is 6.92 Å². The fraction of sp³-hybridized carbons (Fsp3) is 0.150. The molecular formula is C20H18ClN5OS2. The Balaban J connectivity index is 1.35. The van der Waals surface area contributed by atoms with Crippen molar-refractivity contribution in [2.45, 2.75) is 24.4 Å². The molecular weight excluding hydrogens is 426 g/mol. The van der Waals surface area contributed by atoms with Gasteiger partial charge in [0.2, 0.25) is 5.16 Å². The van der Waals surface area contributed by atoms with E-state index >= 15 is 0 Å². The van der Waals surface area contributed by atoms with Crippen molar-refractivity contribution in [3.05, 3.63) is 75.2 Å². The molecule has 0 amide bonds. The van der Waals surface area contributed by atoms with Crippen molar-refractivity contribution in [2.75, 3.05) is 5.84 Å². The summed E-state index contributed by atoms with van der Waals surface area (Å²) in [6.45, 7) is 2.46. The number of benzene rings is 2. The number of nitrogens with zero attached hydrogens (tertiary/aromatic N) is 4. The molecule has 0 bridgehead atoms. The average Bonchev–Trinajstić information content (AvgIpc) is 3.33. The Morgan fingerprint density at radius 2 is 1.86 bits per heavy atom. The highest BCUT2D eigenvalue weighted by molar-refractivity contribution is 7.98. The second-order valence-electron chi connectivity index (χ2n) is 6.31. The maximum Gasteiger partial charge on any atom is 0.210 e. The Morgan fingerprint density at radius 1 is 1.10 bits per heavy atom. The van der Waals surface area contributed by atoms with Gasteiger partial charge in [0.15, 0.2) is 5.82 Å². The van der Waals surface area contributed by atoms with Gasteiger partial charge in [0.25, 0.3) is 0 Å². The van der Waals surface area contributed by atoms with Crippen molar-refractivity contribution in [3.63, 3.8) is 0 Å². The number of aromatic nitrogens is 4. The van der Waals surface area contributed by atoms with Gasteiger partial charge in [0.1, 0.15) is 17.4 Å². The summed E-state index contributed by atoms with van der Waals surface area (Å²) in [4.78, 5) is 4.61. The quantitative estimate of drug-likeness (QED) is 0.321. The second kappa shape index (κ2) is 8.86. The van der Waals surface area contributed by atoms with E-state index < -0.39 is 0 Å². The smallest absolute Gasteiger partial charge is 0.210 e. The molecule has 148 valence electrons. The lowest BCUT2D eigenvalue weighted by molar-refractivity contribution is 0.305. The summed E-state index contributed by atoms with van der Waals surface area (Å²) < 4.78 is 7.26. The number of halogens is 1. The summed E-state index contributed by atoms with van der Waals surface area (Å²) in [6.07, 6.45) is 0. The van der Waals surface area contributed by atoms with Crippen LogP contribution in [0.2, 0.25) is 5.02 Å². The van der Waals surface area contributed by atoms with Crippen LogP contribution in [0.4, 0.5) is 0 Å². The third-order valence-corrected chi connectivity index (χ3v) is 6.20. The zero-order valence-electron chi connectivity index (χ0n) is 15.6. The van der Waals surface area contributed by atoms with Gasteiger partial charge < -0.3 is 10.6 Å². The van der Waals surface area contributed by atoms with Crippen LogP contribution < -0.4 is 10.6 Å². The Bertz CT molecular complexity index is 1090. The summed E-state index contributed by atoms with van der Waals surface area (Å²) in [7, 11) is 0. The fourth-order valence-corrected chi connectivity index (χ4v) is 4.26. The molecule has 9 heteroatoms. The molecule has 4 aromatic rings. The SMILES string of the molecule is Cc1ccc(-c2nnc(SCc3csc(COc4ccc(Cl)cc4)n3)n2N)cc1. The van der Waals surface area contributed by atoms with E-state index in [4.69, 9.17) is 22.2 Å². The number of thiazole rings is 1. The van der Waals surface area contributed by atoms with Crippen LogP contribution in [-0.2, 0) is 12.4 Å². The third-order valence-electron chi connectivity index (χ3n) is 4.10. The maximum absolute atomic E-state index is 6.19. The minimum Gasteiger partial charge on any atom is -0.486 e.